The molecule has 0 spiro atoms. The molecule has 15 nitrogen and oxygen atoms in total. The molecule has 0 aliphatic rings. The predicted octanol–water partition coefficient (Wildman–Crippen LogP) is 13.0. The Morgan fingerprint density at radius 3 is 1.06 bits per heavy atom. The third kappa shape index (κ3) is 20.2. The molecule has 0 fully saturated rings. The van der Waals surface area contributed by atoms with E-state index >= 15 is 0 Å². The number of amides is 3. The summed E-state index contributed by atoms with van der Waals surface area (Å²) in [5, 5.41) is 27.4. The quantitative estimate of drug-likeness (QED) is 0.0160. The molecule has 86 heavy (non-hydrogen) atoms. The number of nitrogens with one attached hydrogen (secondary N) is 3. The molecule has 7 N–H and O–H groups in total. The number of carboxylic acids is 2. The van der Waals surface area contributed by atoms with Crippen molar-refractivity contribution in [3.05, 3.63) is 245 Å². The van der Waals surface area contributed by atoms with Crippen molar-refractivity contribution in [2.45, 2.75) is 93.7 Å². The summed E-state index contributed by atoms with van der Waals surface area (Å²) in [7, 11) is 1.31. The summed E-state index contributed by atoms with van der Waals surface area (Å²) in [6.45, 7) is 12.3. The molecule has 454 valence electrons. The summed E-state index contributed by atoms with van der Waals surface area (Å²) in [5.41, 5.74) is 12.4. The largest absolute Gasteiger partial charge is 0.480 e. The molecule has 0 aliphatic carbocycles. The highest BCUT2D eigenvalue weighted by Gasteiger charge is 2.41. The van der Waals surface area contributed by atoms with Crippen LogP contribution in [0.1, 0.15) is 97.3 Å². The Labute approximate surface area is 518 Å². The van der Waals surface area contributed by atoms with Gasteiger partial charge in [0.15, 0.2) is 0 Å². The molecule has 0 aliphatic heterocycles. The van der Waals surface area contributed by atoms with Crippen molar-refractivity contribution in [2.24, 2.45) is 0 Å². The van der Waals surface area contributed by atoms with E-state index in [9.17, 15) is 39.0 Å². The van der Waals surface area contributed by atoms with E-state index in [2.05, 4.69) is 16.0 Å². The third-order valence-corrected chi connectivity index (χ3v) is 16.9. The maximum atomic E-state index is 12.3. The van der Waals surface area contributed by atoms with Crippen molar-refractivity contribution < 1.29 is 53.2 Å². The van der Waals surface area contributed by atoms with Crippen LogP contribution in [0.15, 0.2) is 200 Å². The van der Waals surface area contributed by atoms with Gasteiger partial charge in [-0.3, -0.25) is 4.79 Å². The fourth-order valence-electron chi connectivity index (χ4n) is 8.89. The molecular weight excluding hydrogens is 1140 g/mol. The molecule has 0 heterocycles. The minimum atomic E-state index is -1.12. The van der Waals surface area contributed by atoms with E-state index in [0.29, 0.717) is 17.7 Å². The van der Waals surface area contributed by atoms with E-state index in [4.69, 9.17) is 19.9 Å². The van der Waals surface area contributed by atoms with E-state index in [0.717, 1.165) is 44.7 Å². The van der Waals surface area contributed by atoms with Crippen molar-refractivity contribution in [2.75, 3.05) is 36.4 Å². The molecule has 3 atom stereocenters. The normalized spacial score (nSPS) is 12.4. The Morgan fingerprint density at radius 2 is 0.802 bits per heavy atom. The SMILES string of the molecule is CC(C)(C)OC(=O)N[C@@H](CSC(c1ccccc1)(c1ccccc1)c1ccccc1)C(=O)O.CC(C)(C)OC(=O)N[C@@H](CSC(c1ccccc1)(c1ccccc1)c1ccccc1)C(=O)O.COC(=O)[C@H](CCSC)NC(=O)c1ccc(N)c(C)c1. The number of alkyl carbamates (subject to hydrolysis) is 2. The number of ether oxygens (including phenoxy) is 3. The number of hydrogen-bond acceptors (Lipinski definition) is 13. The number of carbonyl (C=O) groups is 6. The Kier molecular flexibility index (Phi) is 26.3. The van der Waals surface area contributed by atoms with Crippen molar-refractivity contribution >= 4 is 77.0 Å². The zero-order valence-corrected chi connectivity index (χ0v) is 52.4. The van der Waals surface area contributed by atoms with Gasteiger partial charge in [0, 0.05) is 22.8 Å². The van der Waals surface area contributed by atoms with Crippen molar-refractivity contribution in [3.63, 3.8) is 0 Å². The molecule has 3 amide bonds. The molecule has 0 aromatic heterocycles. The number of methoxy groups -OCH3 is 1. The number of carboxylic acid groups (broad SMARTS) is 2. The topological polar surface area (TPSA) is 233 Å². The smallest absolute Gasteiger partial charge is 0.408 e. The average molecular weight is 1220 g/mol. The van der Waals surface area contributed by atoms with Gasteiger partial charge in [0.1, 0.15) is 29.3 Å². The summed E-state index contributed by atoms with van der Waals surface area (Å²) < 4.78 is 13.9. The highest BCUT2D eigenvalue weighted by Crippen LogP contribution is 2.50. The second-order valence-corrected chi connectivity index (χ2v) is 25.1. The third-order valence-electron chi connectivity index (χ3n) is 12.9. The van der Waals surface area contributed by atoms with E-state index in [1.54, 1.807) is 71.5 Å². The number of nitrogen functional groups attached to an aromatic ring is 1. The number of benzene rings is 7. The first kappa shape index (κ1) is 68.6. The van der Waals surface area contributed by atoms with Crippen LogP contribution in [0.3, 0.4) is 0 Å². The minimum Gasteiger partial charge on any atom is -0.480 e. The number of anilines is 1. The summed E-state index contributed by atoms with van der Waals surface area (Å²) >= 11 is 4.56. The van der Waals surface area contributed by atoms with Crippen molar-refractivity contribution in [1.29, 1.82) is 0 Å². The Hall–Kier alpha value is -8.19. The summed E-state index contributed by atoms with van der Waals surface area (Å²) in [6, 6.07) is 62.2. The number of hydrogen-bond donors (Lipinski definition) is 6. The lowest BCUT2D eigenvalue weighted by atomic mass is 9.84. The maximum Gasteiger partial charge on any atom is 0.408 e. The van der Waals surface area contributed by atoms with Crippen LogP contribution in [0.25, 0.3) is 0 Å². The molecule has 0 saturated heterocycles. The fraction of sp³-hybridized carbons (Fsp3) is 0.294. The number of aliphatic carboxylic acids is 2. The minimum absolute atomic E-state index is 0.132. The second-order valence-electron chi connectivity index (χ2n) is 21.7. The second kappa shape index (κ2) is 32.9. The molecule has 0 bridgehead atoms. The van der Waals surface area contributed by atoms with Crippen LogP contribution in [-0.2, 0) is 38.1 Å². The highest BCUT2D eigenvalue weighted by molar-refractivity contribution is 8.01. The maximum absolute atomic E-state index is 12.3. The van der Waals surface area contributed by atoms with Gasteiger partial charge in [0.2, 0.25) is 0 Å². The molecular formula is C68H78N4O11S3. The Bertz CT molecular complexity index is 2890. The zero-order chi connectivity index (χ0) is 62.9. The van der Waals surface area contributed by atoms with Gasteiger partial charge in [0.25, 0.3) is 5.91 Å². The van der Waals surface area contributed by atoms with Crippen molar-refractivity contribution in [3.8, 4) is 0 Å². The summed E-state index contributed by atoms with van der Waals surface area (Å²) in [4.78, 5) is 72.5. The van der Waals surface area contributed by atoms with Crippen molar-refractivity contribution in [1.82, 2.24) is 16.0 Å². The summed E-state index contributed by atoms with van der Waals surface area (Å²) in [6.07, 6.45) is 0.980. The number of esters is 1. The van der Waals surface area contributed by atoms with Crippen LogP contribution >= 0.6 is 35.3 Å². The van der Waals surface area contributed by atoms with E-state index < -0.39 is 68.9 Å². The monoisotopic (exact) mass is 1220 g/mol. The van der Waals surface area contributed by atoms with Gasteiger partial charge in [-0.1, -0.05) is 182 Å². The van der Waals surface area contributed by atoms with Crippen LogP contribution < -0.4 is 21.7 Å². The van der Waals surface area contributed by atoms with E-state index in [-0.39, 0.29) is 17.4 Å². The molecule has 7 rings (SSSR count). The molecule has 18 heteroatoms. The molecule has 0 unspecified atom stereocenters. The standard InChI is InChI=1S/2C27H29NO4S.C14H20N2O3S/c2*1-26(2,3)32-25(31)28-23(24(29)30)19-33-27(20-13-7-4-8-14-20,21-15-9-5-10-16-21)22-17-11-6-12-18-22;1-9-8-10(4-5-11(9)15)13(17)16-12(6-7-20-3)14(18)19-2/h2*4-18,23H,19H2,1-3H3,(H,28,31)(H,29,30);4-5,8,12H,6-7,15H2,1-3H3,(H,16,17)/t2*23-;12-/m000/s1. The number of rotatable bonds is 22. The lowest BCUT2D eigenvalue weighted by Crippen LogP contribution is -2.45. The van der Waals surface area contributed by atoms with Gasteiger partial charge in [-0.15, -0.1) is 23.5 Å². The highest BCUT2D eigenvalue weighted by atomic mass is 32.2. The summed E-state index contributed by atoms with van der Waals surface area (Å²) in [5.74, 6) is -1.93. The molecule has 0 saturated carbocycles. The molecule has 7 aromatic carbocycles. The van der Waals surface area contributed by atoms with Crippen LogP contribution in [0.5, 0.6) is 0 Å². The average Bonchev–Trinajstić information content (AvgIpc) is 0.960. The fourth-order valence-corrected chi connectivity index (χ4v) is 12.5. The molecule has 7 aromatic rings. The number of nitrogens with two attached hydrogens (primary N) is 1. The van der Waals surface area contributed by atoms with E-state index in [1.807, 2.05) is 195 Å². The van der Waals surface area contributed by atoms with E-state index in [1.165, 1.54) is 30.6 Å². The Morgan fingerprint density at radius 1 is 0.488 bits per heavy atom. The predicted molar refractivity (Wildman–Crippen MR) is 347 cm³/mol. The van der Waals surface area contributed by atoms with Crippen LogP contribution in [0, 0.1) is 6.92 Å². The van der Waals surface area contributed by atoms with Crippen LogP contribution in [0.4, 0.5) is 15.3 Å². The number of thioether (sulfide) groups is 3. The van der Waals surface area contributed by atoms with Crippen LogP contribution in [-0.4, -0.2) is 106 Å². The lowest BCUT2D eigenvalue weighted by Gasteiger charge is -2.36. The van der Waals surface area contributed by atoms with Gasteiger partial charge in [-0.25, -0.2) is 24.0 Å². The number of aryl methyl sites for hydroxylation is 1. The van der Waals surface area contributed by atoms with Crippen LogP contribution in [0.2, 0.25) is 0 Å². The lowest BCUT2D eigenvalue weighted by molar-refractivity contribution is -0.143. The van der Waals surface area contributed by atoms with Gasteiger partial charge < -0.3 is 46.1 Å². The first-order valence-corrected chi connectivity index (χ1v) is 31.1. The van der Waals surface area contributed by atoms with Gasteiger partial charge in [-0.05, 0) is 124 Å². The first-order valence-electron chi connectivity index (χ1n) is 27.7. The first-order chi connectivity index (χ1) is 40.9. The zero-order valence-electron chi connectivity index (χ0n) is 50.0. The van der Waals surface area contributed by atoms with Gasteiger partial charge in [0.05, 0.1) is 16.6 Å². The van der Waals surface area contributed by atoms with Gasteiger partial charge >= 0.3 is 30.1 Å². The number of carbonyl (C=O) groups excluding carboxylic acids is 4. The van der Waals surface area contributed by atoms with Gasteiger partial charge in [-0.2, -0.15) is 11.8 Å². The molecule has 0 radical (unpaired) electrons. The Balaban J connectivity index is 0.000000244.